The minimum Gasteiger partial charge on any atom is -0.465 e. The van der Waals surface area contributed by atoms with Crippen molar-refractivity contribution in [3.63, 3.8) is 0 Å². The molecule has 1 aromatic rings. The molecule has 0 bridgehead atoms. The number of hydrogen-bond donors (Lipinski definition) is 1. The molecule has 1 aromatic carbocycles. The molecule has 1 aliphatic rings. The average molecular weight is 250 g/mol. The summed E-state index contributed by atoms with van der Waals surface area (Å²) in [6.07, 6.45) is 0. The van der Waals surface area contributed by atoms with Crippen LogP contribution in [0.1, 0.15) is 12.5 Å². The summed E-state index contributed by atoms with van der Waals surface area (Å²) in [5, 5.41) is 3.36. The van der Waals surface area contributed by atoms with Crippen LogP contribution in [0, 0.1) is 6.92 Å². The largest absolute Gasteiger partial charge is 0.465 e. The molecule has 0 atom stereocenters. The van der Waals surface area contributed by atoms with E-state index in [1.54, 1.807) is 0 Å². The Balaban J connectivity index is 2.11. The summed E-state index contributed by atoms with van der Waals surface area (Å²) in [5.74, 6) is 0.913. The van der Waals surface area contributed by atoms with Gasteiger partial charge in [0.15, 0.2) is 6.79 Å². The van der Waals surface area contributed by atoms with Crippen LogP contribution in [0.4, 0.5) is 5.69 Å². The maximum absolute atomic E-state index is 5.70. The van der Waals surface area contributed by atoms with E-state index < -0.39 is 0 Å². The lowest BCUT2D eigenvalue weighted by molar-refractivity contribution is 0.0226. The SMILES string of the molecule is CCOCOc1ccc(C)cc1N1CCNCC1. The van der Waals surface area contributed by atoms with Gasteiger partial charge in [-0.1, -0.05) is 6.07 Å². The second-order valence-electron chi connectivity index (χ2n) is 4.46. The molecule has 0 aliphatic carbocycles. The average Bonchev–Trinajstić information content (AvgIpc) is 2.41. The Labute approximate surface area is 109 Å². The lowest BCUT2D eigenvalue weighted by atomic mass is 10.1. The summed E-state index contributed by atoms with van der Waals surface area (Å²) in [6.45, 7) is 9.17. The van der Waals surface area contributed by atoms with Gasteiger partial charge >= 0.3 is 0 Å². The lowest BCUT2D eigenvalue weighted by Crippen LogP contribution is -2.43. The molecule has 1 N–H and O–H groups in total. The van der Waals surface area contributed by atoms with E-state index in [0.29, 0.717) is 13.4 Å². The van der Waals surface area contributed by atoms with Crippen LogP contribution >= 0.6 is 0 Å². The van der Waals surface area contributed by atoms with Crippen molar-refractivity contribution in [1.82, 2.24) is 5.32 Å². The molecule has 0 unspecified atom stereocenters. The van der Waals surface area contributed by atoms with Gasteiger partial charge in [-0.25, -0.2) is 0 Å². The highest BCUT2D eigenvalue weighted by Crippen LogP contribution is 2.29. The molecule has 1 saturated heterocycles. The fourth-order valence-corrected chi connectivity index (χ4v) is 2.09. The molecule has 0 saturated carbocycles. The van der Waals surface area contributed by atoms with Crippen LogP contribution in [-0.4, -0.2) is 39.6 Å². The summed E-state index contributed by atoms with van der Waals surface area (Å²) in [5.41, 5.74) is 2.43. The Bertz CT molecular complexity index is 376. The minimum absolute atomic E-state index is 0.318. The van der Waals surface area contributed by atoms with E-state index >= 15 is 0 Å². The van der Waals surface area contributed by atoms with Crippen molar-refractivity contribution in [3.8, 4) is 5.75 Å². The van der Waals surface area contributed by atoms with Crippen molar-refractivity contribution in [2.24, 2.45) is 0 Å². The number of rotatable bonds is 5. The summed E-state index contributed by atoms with van der Waals surface area (Å²) in [6, 6.07) is 6.30. The van der Waals surface area contributed by atoms with E-state index in [1.807, 2.05) is 13.0 Å². The zero-order valence-electron chi connectivity index (χ0n) is 11.2. The molecule has 4 nitrogen and oxygen atoms in total. The van der Waals surface area contributed by atoms with Crippen LogP contribution in [0.5, 0.6) is 5.75 Å². The number of piperazine rings is 1. The van der Waals surface area contributed by atoms with Crippen molar-refractivity contribution < 1.29 is 9.47 Å². The molecule has 1 aliphatic heterocycles. The van der Waals surface area contributed by atoms with Gasteiger partial charge in [0.05, 0.1) is 5.69 Å². The Hall–Kier alpha value is -1.26. The zero-order valence-corrected chi connectivity index (χ0v) is 11.2. The van der Waals surface area contributed by atoms with Crippen molar-refractivity contribution >= 4 is 5.69 Å². The fourth-order valence-electron chi connectivity index (χ4n) is 2.09. The highest BCUT2D eigenvalue weighted by Gasteiger charge is 2.15. The molecule has 18 heavy (non-hydrogen) atoms. The van der Waals surface area contributed by atoms with Crippen LogP contribution in [0.25, 0.3) is 0 Å². The molecule has 100 valence electrons. The Kier molecular flexibility index (Phi) is 4.84. The molecular weight excluding hydrogens is 228 g/mol. The molecule has 0 radical (unpaired) electrons. The second-order valence-corrected chi connectivity index (χ2v) is 4.46. The number of nitrogens with zero attached hydrogens (tertiary/aromatic N) is 1. The predicted molar refractivity (Wildman–Crippen MR) is 73.4 cm³/mol. The molecule has 0 aromatic heterocycles. The zero-order chi connectivity index (χ0) is 12.8. The highest BCUT2D eigenvalue weighted by molar-refractivity contribution is 5.60. The first-order valence-electron chi connectivity index (χ1n) is 6.58. The van der Waals surface area contributed by atoms with Gasteiger partial charge in [-0.3, -0.25) is 0 Å². The van der Waals surface area contributed by atoms with Gasteiger partial charge in [0.2, 0.25) is 0 Å². The van der Waals surface area contributed by atoms with Crippen LogP contribution in [0.2, 0.25) is 0 Å². The van der Waals surface area contributed by atoms with E-state index in [4.69, 9.17) is 9.47 Å². The summed E-state index contributed by atoms with van der Waals surface area (Å²) >= 11 is 0. The van der Waals surface area contributed by atoms with Gasteiger partial charge in [-0.15, -0.1) is 0 Å². The Morgan fingerprint density at radius 3 is 2.78 bits per heavy atom. The molecular formula is C14H22N2O2. The number of hydrogen-bond acceptors (Lipinski definition) is 4. The third kappa shape index (κ3) is 3.37. The van der Waals surface area contributed by atoms with Gasteiger partial charge < -0.3 is 19.7 Å². The van der Waals surface area contributed by atoms with Gasteiger partial charge in [0, 0.05) is 32.8 Å². The van der Waals surface area contributed by atoms with Crippen molar-refractivity contribution in [2.75, 3.05) is 44.5 Å². The van der Waals surface area contributed by atoms with Gasteiger partial charge in [-0.05, 0) is 31.5 Å². The van der Waals surface area contributed by atoms with E-state index in [0.717, 1.165) is 31.9 Å². The van der Waals surface area contributed by atoms with Crippen LogP contribution < -0.4 is 15.0 Å². The molecule has 0 spiro atoms. The first-order valence-corrected chi connectivity index (χ1v) is 6.58. The van der Waals surface area contributed by atoms with E-state index in [2.05, 4.69) is 29.3 Å². The van der Waals surface area contributed by atoms with Crippen LogP contribution in [0.15, 0.2) is 18.2 Å². The molecule has 0 amide bonds. The monoisotopic (exact) mass is 250 g/mol. The summed E-state index contributed by atoms with van der Waals surface area (Å²) in [4.78, 5) is 2.37. The number of benzene rings is 1. The second kappa shape index (κ2) is 6.61. The van der Waals surface area contributed by atoms with Crippen LogP contribution in [-0.2, 0) is 4.74 Å². The smallest absolute Gasteiger partial charge is 0.189 e. The van der Waals surface area contributed by atoms with Gasteiger partial charge in [0.25, 0.3) is 0 Å². The molecule has 2 rings (SSSR count). The fraction of sp³-hybridized carbons (Fsp3) is 0.571. The number of aryl methyl sites for hydroxylation is 1. The maximum atomic E-state index is 5.70. The van der Waals surface area contributed by atoms with Crippen molar-refractivity contribution in [1.29, 1.82) is 0 Å². The lowest BCUT2D eigenvalue weighted by Gasteiger charge is -2.31. The normalized spacial score (nSPS) is 15.8. The standard InChI is InChI=1S/C14H22N2O2/c1-3-17-11-18-14-5-4-12(2)10-13(14)16-8-6-15-7-9-16/h4-5,10,15H,3,6-9,11H2,1-2H3. The summed E-state index contributed by atoms with van der Waals surface area (Å²) in [7, 11) is 0. The third-order valence-electron chi connectivity index (χ3n) is 3.07. The number of nitrogens with one attached hydrogen (secondary N) is 1. The Morgan fingerprint density at radius 1 is 1.28 bits per heavy atom. The topological polar surface area (TPSA) is 33.7 Å². The van der Waals surface area contributed by atoms with Gasteiger partial charge in [0.1, 0.15) is 5.75 Å². The summed E-state index contributed by atoms with van der Waals surface area (Å²) < 4.78 is 11.0. The highest BCUT2D eigenvalue weighted by atomic mass is 16.7. The minimum atomic E-state index is 0.318. The molecule has 1 fully saturated rings. The first-order chi connectivity index (χ1) is 8.81. The third-order valence-corrected chi connectivity index (χ3v) is 3.07. The molecule has 1 heterocycles. The van der Waals surface area contributed by atoms with Crippen LogP contribution in [0.3, 0.4) is 0 Å². The quantitative estimate of drug-likeness (QED) is 0.638. The van der Waals surface area contributed by atoms with E-state index in [9.17, 15) is 0 Å². The van der Waals surface area contributed by atoms with E-state index in [-0.39, 0.29) is 0 Å². The Morgan fingerprint density at radius 2 is 2.06 bits per heavy atom. The number of anilines is 1. The van der Waals surface area contributed by atoms with Crippen molar-refractivity contribution in [3.05, 3.63) is 23.8 Å². The van der Waals surface area contributed by atoms with E-state index in [1.165, 1.54) is 11.3 Å². The maximum Gasteiger partial charge on any atom is 0.189 e. The van der Waals surface area contributed by atoms with Crippen molar-refractivity contribution in [2.45, 2.75) is 13.8 Å². The predicted octanol–water partition coefficient (Wildman–Crippen LogP) is 1.78. The number of ether oxygens (including phenoxy) is 2. The molecule has 4 heteroatoms. The van der Waals surface area contributed by atoms with Gasteiger partial charge in [-0.2, -0.15) is 0 Å². The first kappa shape index (κ1) is 13.2.